The summed E-state index contributed by atoms with van der Waals surface area (Å²) in [5.74, 6) is -0.315. The van der Waals surface area contributed by atoms with Gasteiger partial charge in [-0.3, -0.25) is 14.2 Å². The molecule has 3 aromatic rings. The third-order valence-corrected chi connectivity index (χ3v) is 7.81. The lowest BCUT2D eigenvalue weighted by Crippen LogP contribution is -2.41. The fraction of sp³-hybridized carbons (Fsp3) is 0.231. The van der Waals surface area contributed by atoms with E-state index in [1.165, 1.54) is 16.6 Å². The van der Waals surface area contributed by atoms with Crippen LogP contribution in [-0.4, -0.2) is 37.2 Å². The zero-order valence-electron chi connectivity index (χ0n) is 20.0. The molecule has 3 heterocycles. The Hall–Kier alpha value is -3.50. The van der Waals surface area contributed by atoms with Crippen molar-refractivity contribution in [2.45, 2.75) is 19.9 Å². The van der Waals surface area contributed by atoms with Gasteiger partial charge in [0.05, 0.1) is 36.2 Å². The number of fused-ring (bicyclic) bond motifs is 2. The SMILES string of the molecule is CCOC(=O)C1=C(C)N=c2s/c(=C3\C(=O)N(C)c4ccc(Br)cc43)c(=O)n2[C@@H]1c1ccccc1OC. The highest BCUT2D eigenvalue weighted by Gasteiger charge is 2.37. The van der Waals surface area contributed by atoms with Crippen LogP contribution >= 0.6 is 27.3 Å². The van der Waals surface area contributed by atoms with Gasteiger partial charge in [-0.25, -0.2) is 9.79 Å². The maximum atomic E-state index is 14.1. The molecule has 0 unspecified atom stereocenters. The van der Waals surface area contributed by atoms with Crippen LogP contribution in [0.2, 0.25) is 0 Å². The Labute approximate surface area is 218 Å². The maximum Gasteiger partial charge on any atom is 0.338 e. The molecule has 0 radical (unpaired) electrons. The molecule has 5 rings (SSSR count). The quantitative estimate of drug-likeness (QED) is 0.452. The highest BCUT2D eigenvalue weighted by molar-refractivity contribution is 9.10. The van der Waals surface area contributed by atoms with Crippen LogP contribution in [0, 0.1) is 0 Å². The van der Waals surface area contributed by atoms with Crippen LogP contribution in [0.4, 0.5) is 5.69 Å². The Bertz CT molecular complexity index is 1650. The number of benzene rings is 2. The monoisotopic (exact) mass is 567 g/mol. The summed E-state index contributed by atoms with van der Waals surface area (Å²) in [6, 6.07) is 11.9. The summed E-state index contributed by atoms with van der Waals surface area (Å²) in [6.07, 6.45) is 0. The summed E-state index contributed by atoms with van der Waals surface area (Å²) in [6.45, 7) is 3.62. The van der Waals surface area contributed by atoms with Gasteiger partial charge in [0.1, 0.15) is 16.3 Å². The number of amides is 1. The van der Waals surface area contributed by atoms with Gasteiger partial charge >= 0.3 is 5.97 Å². The number of aromatic nitrogens is 1. The van der Waals surface area contributed by atoms with Crippen LogP contribution in [0.3, 0.4) is 0 Å². The summed E-state index contributed by atoms with van der Waals surface area (Å²) in [7, 11) is 3.22. The van der Waals surface area contributed by atoms with Crippen molar-refractivity contribution >= 4 is 50.4 Å². The molecule has 1 atom stereocenters. The van der Waals surface area contributed by atoms with Crippen LogP contribution in [-0.2, 0) is 14.3 Å². The summed E-state index contributed by atoms with van der Waals surface area (Å²) >= 11 is 4.60. The second kappa shape index (κ2) is 9.18. The number of carbonyl (C=O) groups is 2. The number of hydrogen-bond acceptors (Lipinski definition) is 7. The van der Waals surface area contributed by atoms with Crippen molar-refractivity contribution < 1.29 is 19.1 Å². The van der Waals surface area contributed by atoms with Crippen molar-refractivity contribution in [3.63, 3.8) is 0 Å². The summed E-state index contributed by atoms with van der Waals surface area (Å²) in [4.78, 5) is 47.0. The van der Waals surface area contributed by atoms with E-state index in [1.807, 2.05) is 36.4 Å². The molecule has 0 aliphatic carbocycles. The van der Waals surface area contributed by atoms with E-state index in [0.717, 1.165) is 15.8 Å². The average Bonchev–Trinajstić information content (AvgIpc) is 3.30. The Kier molecular flexibility index (Phi) is 6.17. The minimum atomic E-state index is -0.831. The summed E-state index contributed by atoms with van der Waals surface area (Å²) in [5.41, 5.74) is 2.60. The molecule has 0 fully saturated rings. The Morgan fingerprint density at radius 1 is 1.19 bits per heavy atom. The number of halogens is 1. The first kappa shape index (κ1) is 24.2. The number of methoxy groups -OCH3 is 1. The fourth-order valence-electron chi connectivity index (χ4n) is 4.64. The number of esters is 1. The van der Waals surface area contributed by atoms with E-state index in [0.29, 0.717) is 38.6 Å². The minimum Gasteiger partial charge on any atom is -0.496 e. The molecule has 0 N–H and O–H groups in total. The van der Waals surface area contributed by atoms with Gasteiger partial charge in [-0.05, 0) is 38.1 Å². The highest BCUT2D eigenvalue weighted by Crippen LogP contribution is 2.37. The second-order valence-corrected chi connectivity index (χ2v) is 10.2. The van der Waals surface area contributed by atoms with Crippen LogP contribution in [0.1, 0.15) is 31.0 Å². The molecule has 1 amide bonds. The number of anilines is 1. The molecular formula is C26H22BrN3O5S. The van der Waals surface area contributed by atoms with Crippen LogP contribution in [0.5, 0.6) is 5.75 Å². The van der Waals surface area contributed by atoms with Gasteiger partial charge in [0.2, 0.25) is 0 Å². The molecule has 0 saturated carbocycles. The number of allylic oxidation sites excluding steroid dienone is 1. The van der Waals surface area contributed by atoms with E-state index >= 15 is 0 Å². The molecule has 0 spiro atoms. The van der Waals surface area contributed by atoms with Crippen molar-refractivity contribution in [2.75, 3.05) is 25.7 Å². The first-order chi connectivity index (χ1) is 17.3. The first-order valence-electron chi connectivity index (χ1n) is 11.2. The zero-order chi connectivity index (χ0) is 25.7. The molecule has 36 heavy (non-hydrogen) atoms. The lowest BCUT2D eigenvalue weighted by molar-refractivity contribution is -0.139. The van der Waals surface area contributed by atoms with E-state index in [2.05, 4.69) is 20.9 Å². The highest BCUT2D eigenvalue weighted by atomic mass is 79.9. The van der Waals surface area contributed by atoms with E-state index in [1.54, 1.807) is 27.0 Å². The molecule has 184 valence electrons. The zero-order valence-corrected chi connectivity index (χ0v) is 22.4. The van der Waals surface area contributed by atoms with E-state index in [-0.39, 0.29) is 22.6 Å². The Morgan fingerprint density at radius 2 is 1.94 bits per heavy atom. The van der Waals surface area contributed by atoms with Gasteiger partial charge in [-0.1, -0.05) is 45.5 Å². The third-order valence-electron chi connectivity index (χ3n) is 6.26. The van der Waals surface area contributed by atoms with Gasteiger partial charge in [-0.15, -0.1) is 0 Å². The van der Waals surface area contributed by atoms with Crippen molar-refractivity contribution in [3.05, 3.63) is 89.0 Å². The fourth-order valence-corrected chi connectivity index (χ4v) is 6.14. The van der Waals surface area contributed by atoms with Crippen LogP contribution in [0.25, 0.3) is 5.57 Å². The number of rotatable bonds is 4. The van der Waals surface area contributed by atoms with E-state index in [9.17, 15) is 14.4 Å². The first-order valence-corrected chi connectivity index (χ1v) is 12.8. The Balaban J connectivity index is 1.86. The van der Waals surface area contributed by atoms with Gasteiger partial charge in [-0.2, -0.15) is 0 Å². The van der Waals surface area contributed by atoms with Gasteiger partial charge < -0.3 is 14.4 Å². The van der Waals surface area contributed by atoms with E-state index in [4.69, 9.17) is 9.47 Å². The lowest BCUT2D eigenvalue weighted by Gasteiger charge is -2.25. The molecule has 2 aromatic carbocycles. The minimum absolute atomic E-state index is 0.176. The molecule has 8 nitrogen and oxygen atoms in total. The van der Waals surface area contributed by atoms with Crippen molar-refractivity contribution in [3.8, 4) is 5.75 Å². The van der Waals surface area contributed by atoms with Crippen molar-refractivity contribution in [1.82, 2.24) is 4.57 Å². The number of para-hydroxylation sites is 1. The van der Waals surface area contributed by atoms with Gasteiger partial charge in [0.15, 0.2) is 4.80 Å². The second-order valence-electron chi connectivity index (χ2n) is 8.27. The van der Waals surface area contributed by atoms with Gasteiger partial charge in [0, 0.05) is 22.6 Å². The number of hydrogen-bond donors (Lipinski definition) is 0. The summed E-state index contributed by atoms with van der Waals surface area (Å²) < 4.78 is 13.5. The number of nitrogens with zero attached hydrogens (tertiary/aromatic N) is 3. The van der Waals surface area contributed by atoms with Crippen molar-refractivity contribution in [1.29, 1.82) is 0 Å². The molecule has 0 saturated heterocycles. The van der Waals surface area contributed by atoms with Crippen LogP contribution < -0.4 is 24.5 Å². The maximum absolute atomic E-state index is 14.1. The smallest absolute Gasteiger partial charge is 0.338 e. The molecule has 10 heteroatoms. The molecule has 2 aliphatic heterocycles. The van der Waals surface area contributed by atoms with E-state index < -0.39 is 17.6 Å². The molecular weight excluding hydrogens is 546 g/mol. The van der Waals surface area contributed by atoms with Crippen LogP contribution in [0.15, 0.2) is 68.0 Å². The Morgan fingerprint density at radius 3 is 2.67 bits per heavy atom. The average molecular weight is 568 g/mol. The molecule has 1 aromatic heterocycles. The number of thiazole rings is 1. The normalized spacial score (nSPS) is 18.1. The predicted molar refractivity (Wildman–Crippen MR) is 140 cm³/mol. The molecule has 0 bridgehead atoms. The van der Waals surface area contributed by atoms with Gasteiger partial charge in [0.25, 0.3) is 11.5 Å². The number of ether oxygens (including phenoxy) is 2. The predicted octanol–water partition coefficient (Wildman–Crippen LogP) is 2.92. The number of likely N-dealkylation sites (N-methyl/N-ethyl adjacent to an activating group) is 1. The number of carbonyl (C=O) groups excluding carboxylic acids is 2. The van der Waals surface area contributed by atoms with Crippen molar-refractivity contribution in [2.24, 2.45) is 4.99 Å². The lowest BCUT2D eigenvalue weighted by atomic mass is 9.95. The molecule has 2 aliphatic rings. The topological polar surface area (TPSA) is 90.2 Å². The summed E-state index contributed by atoms with van der Waals surface area (Å²) in [5, 5.41) is 0. The third kappa shape index (κ3) is 3.63. The largest absolute Gasteiger partial charge is 0.496 e. The standard InChI is InChI=1S/C26H22BrN3O5S/c1-5-35-25(33)19-13(2)28-26-30(21(19)15-8-6-7-9-18(15)34-4)24(32)22(36-26)20-16-12-14(27)10-11-17(16)29(3)23(20)31/h6-12,21H,5H2,1-4H3/b22-20-/t21-/m1/s1.